The maximum atomic E-state index is 12.6. The molecule has 1 fully saturated rings. The zero-order chi connectivity index (χ0) is 24.9. The van der Waals surface area contributed by atoms with Crippen molar-refractivity contribution in [2.24, 2.45) is 7.05 Å². The Labute approximate surface area is 215 Å². The Hall–Kier alpha value is -3.20. The molecule has 0 amide bonds. The zero-order valence-electron chi connectivity index (χ0n) is 20.7. The van der Waals surface area contributed by atoms with Crippen LogP contribution in [0, 0.1) is 0 Å². The molecule has 3 N–H and O–H groups in total. The Morgan fingerprint density at radius 3 is 2.81 bits per heavy atom. The van der Waals surface area contributed by atoms with Crippen LogP contribution in [0.1, 0.15) is 25.3 Å². The van der Waals surface area contributed by atoms with Crippen molar-refractivity contribution in [1.82, 2.24) is 14.9 Å². The highest BCUT2D eigenvalue weighted by atomic mass is 32.2. The Kier molecular flexibility index (Phi) is 7.65. The van der Waals surface area contributed by atoms with Crippen LogP contribution in [0.3, 0.4) is 0 Å². The zero-order valence-corrected chi connectivity index (χ0v) is 21.5. The second kappa shape index (κ2) is 11.2. The molecule has 0 saturated carbocycles. The van der Waals surface area contributed by atoms with Crippen LogP contribution in [0.5, 0.6) is 11.5 Å². The number of ether oxygens (including phenoxy) is 2. The number of fused-ring (bicyclic) bond motifs is 1. The van der Waals surface area contributed by atoms with Gasteiger partial charge < -0.3 is 29.1 Å². The van der Waals surface area contributed by atoms with Gasteiger partial charge in [-0.2, -0.15) is 0 Å². The van der Waals surface area contributed by atoms with E-state index in [0.29, 0.717) is 18.2 Å². The molecule has 1 aliphatic rings. The first kappa shape index (κ1) is 24.5. The average Bonchev–Trinajstić information content (AvgIpc) is 3.40. The normalized spacial score (nSPS) is 14.3. The monoisotopic (exact) mass is 504 g/mol. The first-order valence-corrected chi connectivity index (χ1v) is 13.4. The lowest BCUT2D eigenvalue weighted by atomic mass is 10.0. The van der Waals surface area contributed by atoms with Gasteiger partial charge in [0.05, 0.1) is 12.7 Å². The number of rotatable bonds is 9. The van der Waals surface area contributed by atoms with Crippen molar-refractivity contribution in [3.05, 3.63) is 76.8 Å². The minimum Gasteiger partial charge on any atom is -0.457 e. The molecule has 0 radical (unpaired) electrons. The van der Waals surface area contributed by atoms with Crippen molar-refractivity contribution in [2.45, 2.75) is 32.5 Å². The molecule has 188 valence electrons. The van der Waals surface area contributed by atoms with Gasteiger partial charge in [-0.15, -0.1) is 0 Å². The number of nitrogens with one attached hydrogen (secondary N) is 3. The first-order valence-electron chi connectivity index (χ1n) is 12.4. The molecule has 1 aliphatic heterocycles. The Morgan fingerprint density at radius 2 is 1.97 bits per heavy atom. The van der Waals surface area contributed by atoms with Crippen LogP contribution in [0.15, 0.2) is 65.7 Å². The van der Waals surface area contributed by atoms with Gasteiger partial charge in [-0.1, -0.05) is 31.0 Å². The van der Waals surface area contributed by atoms with E-state index in [-0.39, 0.29) is 5.56 Å². The number of aromatic amines is 1. The number of aryl methyl sites for hydroxylation is 1. The Balaban J connectivity index is 1.47. The molecule has 7 nitrogen and oxygen atoms in total. The van der Waals surface area contributed by atoms with Crippen molar-refractivity contribution in [2.75, 3.05) is 23.6 Å². The van der Waals surface area contributed by atoms with E-state index < -0.39 is 0 Å². The summed E-state index contributed by atoms with van der Waals surface area (Å²) in [5.74, 6) is 2.42. The number of hydrogen-bond acceptors (Lipinski definition) is 6. The standard InChI is InChI=1S/C28H32N4O3S/c1-3-36-31-20-7-8-26(24(16-20)25-17-32(2)28(33)27-23(25)11-14-30-27)35-22-6-4-5-19(15-22)18-34-21-9-12-29-13-10-21/h4-8,11,14-17,21,29-31H,3,9-10,12-13,18H2,1-2H3. The summed E-state index contributed by atoms with van der Waals surface area (Å²) in [6.07, 6.45) is 6.07. The molecule has 2 aromatic heterocycles. The summed E-state index contributed by atoms with van der Waals surface area (Å²) in [5, 5.41) is 4.24. The van der Waals surface area contributed by atoms with Crippen LogP contribution >= 0.6 is 11.9 Å². The Morgan fingerprint density at radius 1 is 1.11 bits per heavy atom. The van der Waals surface area contributed by atoms with Crippen LogP contribution in [0.4, 0.5) is 5.69 Å². The van der Waals surface area contributed by atoms with E-state index in [1.54, 1.807) is 29.8 Å². The second-order valence-electron chi connectivity index (χ2n) is 8.98. The molecule has 2 aromatic carbocycles. The van der Waals surface area contributed by atoms with Crippen molar-refractivity contribution >= 4 is 28.5 Å². The number of piperidine rings is 1. The molecular weight excluding hydrogens is 472 g/mol. The molecule has 0 atom stereocenters. The predicted octanol–water partition coefficient (Wildman–Crippen LogP) is 5.67. The van der Waals surface area contributed by atoms with Crippen LogP contribution < -0.4 is 20.3 Å². The lowest BCUT2D eigenvalue weighted by molar-refractivity contribution is 0.0212. The third kappa shape index (κ3) is 5.46. The summed E-state index contributed by atoms with van der Waals surface area (Å²) >= 11 is 1.63. The van der Waals surface area contributed by atoms with Gasteiger partial charge in [0.1, 0.15) is 17.0 Å². The molecule has 36 heavy (non-hydrogen) atoms. The molecule has 5 rings (SSSR count). The van der Waals surface area contributed by atoms with Gasteiger partial charge in [-0.3, -0.25) is 4.79 Å². The molecule has 0 bridgehead atoms. The molecule has 4 aromatic rings. The van der Waals surface area contributed by atoms with E-state index >= 15 is 0 Å². The van der Waals surface area contributed by atoms with E-state index in [1.165, 1.54) is 0 Å². The fraction of sp³-hybridized carbons (Fsp3) is 0.321. The van der Waals surface area contributed by atoms with Gasteiger partial charge in [0.15, 0.2) is 0 Å². The topological polar surface area (TPSA) is 80.3 Å². The highest BCUT2D eigenvalue weighted by Gasteiger charge is 2.17. The van der Waals surface area contributed by atoms with E-state index in [2.05, 4.69) is 34.1 Å². The third-order valence-corrected chi connectivity index (χ3v) is 7.07. The van der Waals surface area contributed by atoms with Gasteiger partial charge >= 0.3 is 0 Å². The lowest BCUT2D eigenvalue weighted by Crippen LogP contribution is -2.32. The summed E-state index contributed by atoms with van der Waals surface area (Å²) in [7, 11) is 1.77. The van der Waals surface area contributed by atoms with Gasteiger partial charge in [0, 0.05) is 47.4 Å². The van der Waals surface area contributed by atoms with Gasteiger partial charge in [-0.05, 0) is 67.9 Å². The fourth-order valence-corrected chi connectivity index (χ4v) is 4.97. The highest BCUT2D eigenvalue weighted by molar-refractivity contribution is 8.00. The largest absolute Gasteiger partial charge is 0.457 e. The van der Waals surface area contributed by atoms with Gasteiger partial charge in [-0.25, -0.2) is 0 Å². The number of benzene rings is 2. The van der Waals surface area contributed by atoms with E-state index in [0.717, 1.165) is 70.9 Å². The summed E-state index contributed by atoms with van der Waals surface area (Å²) < 4.78 is 17.6. The molecule has 3 heterocycles. The molecular formula is C28H32N4O3S. The predicted molar refractivity (Wildman–Crippen MR) is 148 cm³/mol. The van der Waals surface area contributed by atoms with Crippen molar-refractivity contribution in [3.8, 4) is 22.6 Å². The molecule has 0 aliphatic carbocycles. The fourth-order valence-electron chi connectivity index (χ4n) is 4.53. The minimum atomic E-state index is -0.0570. The number of hydrogen-bond donors (Lipinski definition) is 3. The highest BCUT2D eigenvalue weighted by Crippen LogP contribution is 2.38. The SMILES string of the molecule is CCSNc1ccc(Oc2cccc(COC3CCNCC3)c2)c(-c2cn(C)c(=O)c3[nH]ccc23)c1. The number of pyridine rings is 1. The quantitative estimate of drug-likeness (QED) is 0.255. The van der Waals surface area contributed by atoms with Crippen LogP contribution in [0.25, 0.3) is 22.0 Å². The van der Waals surface area contributed by atoms with Crippen molar-refractivity contribution in [3.63, 3.8) is 0 Å². The molecule has 1 saturated heterocycles. The smallest absolute Gasteiger partial charge is 0.274 e. The van der Waals surface area contributed by atoms with Crippen LogP contribution in [-0.2, 0) is 18.4 Å². The van der Waals surface area contributed by atoms with E-state index in [1.807, 2.05) is 42.6 Å². The van der Waals surface area contributed by atoms with Crippen LogP contribution in [0.2, 0.25) is 0 Å². The lowest BCUT2D eigenvalue weighted by Gasteiger charge is -2.23. The maximum absolute atomic E-state index is 12.6. The number of nitrogens with zero attached hydrogens (tertiary/aromatic N) is 1. The molecule has 8 heteroatoms. The van der Waals surface area contributed by atoms with Crippen LogP contribution in [-0.4, -0.2) is 34.5 Å². The van der Waals surface area contributed by atoms with Crippen molar-refractivity contribution < 1.29 is 9.47 Å². The van der Waals surface area contributed by atoms with E-state index in [4.69, 9.17) is 9.47 Å². The number of aromatic nitrogens is 2. The average molecular weight is 505 g/mol. The first-order chi connectivity index (χ1) is 17.6. The number of H-pyrrole nitrogens is 1. The summed E-state index contributed by atoms with van der Waals surface area (Å²) in [6, 6.07) is 16.1. The number of anilines is 1. The maximum Gasteiger partial charge on any atom is 0.274 e. The summed E-state index contributed by atoms with van der Waals surface area (Å²) in [5.41, 5.74) is 4.43. The Bertz CT molecular complexity index is 1390. The van der Waals surface area contributed by atoms with Crippen molar-refractivity contribution in [1.29, 1.82) is 0 Å². The van der Waals surface area contributed by atoms with E-state index in [9.17, 15) is 4.79 Å². The second-order valence-corrected chi connectivity index (χ2v) is 10.1. The van der Waals surface area contributed by atoms with Gasteiger partial charge in [0.25, 0.3) is 5.56 Å². The molecule has 0 unspecified atom stereocenters. The summed E-state index contributed by atoms with van der Waals surface area (Å²) in [6.45, 7) is 4.69. The third-order valence-electron chi connectivity index (χ3n) is 6.40. The minimum absolute atomic E-state index is 0.0570. The molecule has 0 spiro atoms. The van der Waals surface area contributed by atoms with Gasteiger partial charge in [0.2, 0.25) is 0 Å². The summed E-state index contributed by atoms with van der Waals surface area (Å²) in [4.78, 5) is 15.7.